The van der Waals surface area contributed by atoms with Gasteiger partial charge in [0, 0.05) is 18.6 Å². The van der Waals surface area contributed by atoms with Crippen molar-refractivity contribution >= 4 is 0 Å². The molecular formula is C12H14N4. The third kappa shape index (κ3) is 2.23. The quantitative estimate of drug-likeness (QED) is 0.841. The van der Waals surface area contributed by atoms with Crippen LogP contribution in [0.25, 0.3) is 0 Å². The van der Waals surface area contributed by atoms with Gasteiger partial charge >= 0.3 is 0 Å². The second-order valence-corrected chi connectivity index (χ2v) is 3.59. The Kier molecular flexibility index (Phi) is 3.22. The fraction of sp³-hybridized carbons (Fsp3) is 0.250. The van der Waals surface area contributed by atoms with Crippen LogP contribution in [-0.2, 0) is 0 Å². The first-order valence-corrected chi connectivity index (χ1v) is 5.17. The van der Waals surface area contributed by atoms with Crippen LogP contribution in [0.5, 0.6) is 0 Å². The Hall–Kier alpha value is -1.81. The van der Waals surface area contributed by atoms with Gasteiger partial charge in [0.25, 0.3) is 0 Å². The molecular weight excluding hydrogens is 200 g/mol. The predicted molar refractivity (Wildman–Crippen MR) is 61.9 cm³/mol. The Balaban J connectivity index is 2.33. The summed E-state index contributed by atoms with van der Waals surface area (Å²) in [6, 6.07) is 3.98. The van der Waals surface area contributed by atoms with E-state index in [2.05, 4.69) is 20.3 Å². The van der Waals surface area contributed by atoms with Crippen molar-refractivity contribution in [1.29, 1.82) is 0 Å². The van der Waals surface area contributed by atoms with Gasteiger partial charge in [0.2, 0.25) is 0 Å². The molecule has 0 fully saturated rings. The van der Waals surface area contributed by atoms with Crippen LogP contribution in [0.2, 0.25) is 0 Å². The third-order valence-electron chi connectivity index (χ3n) is 2.40. The number of aryl methyl sites for hydroxylation is 1. The Morgan fingerprint density at radius 3 is 2.62 bits per heavy atom. The van der Waals surface area contributed by atoms with E-state index in [0.29, 0.717) is 0 Å². The van der Waals surface area contributed by atoms with Crippen LogP contribution in [0.1, 0.15) is 23.0 Å². The van der Waals surface area contributed by atoms with Gasteiger partial charge in [-0.2, -0.15) is 0 Å². The standard InChI is InChI=1S/C12H14N4/c1-9-6-16-11(8-15-9)12(13-2)10-4-3-5-14-7-10/h3-8,12-13H,1-2H3. The highest BCUT2D eigenvalue weighted by Crippen LogP contribution is 2.17. The maximum Gasteiger partial charge on any atom is 0.0802 e. The Labute approximate surface area is 94.8 Å². The summed E-state index contributed by atoms with van der Waals surface area (Å²) in [5.74, 6) is 0. The van der Waals surface area contributed by atoms with Crippen LogP contribution >= 0.6 is 0 Å². The molecule has 0 saturated carbocycles. The van der Waals surface area contributed by atoms with Gasteiger partial charge in [-0.3, -0.25) is 15.0 Å². The topological polar surface area (TPSA) is 50.7 Å². The molecule has 0 aliphatic carbocycles. The van der Waals surface area contributed by atoms with Crippen molar-refractivity contribution in [2.75, 3.05) is 7.05 Å². The van der Waals surface area contributed by atoms with E-state index in [4.69, 9.17) is 0 Å². The average molecular weight is 214 g/mol. The lowest BCUT2D eigenvalue weighted by atomic mass is 10.1. The van der Waals surface area contributed by atoms with Crippen molar-refractivity contribution in [1.82, 2.24) is 20.3 Å². The molecule has 1 atom stereocenters. The first kappa shape index (κ1) is 10.7. The highest BCUT2D eigenvalue weighted by atomic mass is 14.9. The fourth-order valence-corrected chi connectivity index (χ4v) is 1.58. The molecule has 2 aromatic rings. The molecule has 0 amide bonds. The Bertz CT molecular complexity index is 438. The summed E-state index contributed by atoms with van der Waals surface area (Å²) in [6.45, 7) is 1.93. The van der Waals surface area contributed by atoms with Crippen molar-refractivity contribution in [2.24, 2.45) is 0 Å². The lowest BCUT2D eigenvalue weighted by molar-refractivity contribution is 0.663. The van der Waals surface area contributed by atoms with Crippen molar-refractivity contribution < 1.29 is 0 Å². The number of rotatable bonds is 3. The molecule has 0 aliphatic rings. The largest absolute Gasteiger partial charge is 0.308 e. The molecule has 0 bridgehead atoms. The lowest BCUT2D eigenvalue weighted by Crippen LogP contribution is -2.19. The van der Waals surface area contributed by atoms with E-state index in [1.165, 1.54) is 0 Å². The predicted octanol–water partition coefficient (Wildman–Crippen LogP) is 1.49. The van der Waals surface area contributed by atoms with Crippen LogP contribution in [-0.4, -0.2) is 22.0 Å². The first-order valence-electron chi connectivity index (χ1n) is 5.17. The number of aromatic nitrogens is 3. The summed E-state index contributed by atoms with van der Waals surface area (Å²) < 4.78 is 0. The zero-order valence-electron chi connectivity index (χ0n) is 9.38. The molecule has 1 unspecified atom stereocenters. The van der Waals surface area contributed by atoms with Crippen molar-refractivity contribution in [3.05, 3.63) is 53.9 Å². The minimum absolute atomic E-state index is 0.0433. The molecule has 2 heterocycles. The van der Waals surface area contributed by atoms with Crippen molar-refractivity contribution in [3.8, 4) is 0 Å². The summed E-state index contributed by atoms with van der Waals surface area (Å²) in [5, 5.41) is 3.21. The molecule has 82 valence electrons. The Morgan fingerprint density at radius 1 is 1.19 bits per heavy atom. The van der Waals surface area contributed by atoms with E-state index in [1.807, 2.05) is 32.3 Å². The normalized spacial score (nSPS) is 12.4. The molecule has 0 aliphatic heterocycles. The summed E-state index contributed by atoms with van der Waals surface area (Å²) in [6.07, 6.45) is 7.17. The zero-order valence-corrected chi connectivity index (χ0v) is 9.38. The van der Waals surface area contributed by atoms with E-state index >= 15 is 0 Å². The zero-order chi connectivity index (χ0) is 11.4. The van der Waals surface area contributed by atoms with Gasteiger partial charge in [-0.1, -0.05) is 6.07 Å². The van der Waals surface area contributed by atoms with E-state index in [9.17, 15) is 0 Å². The Morgan fingerprint density at radius 2 is 2.06 bits per heavy atom. The van der Waals surface area contributed by atoms with Crippen molar-refractivity contribution in [3.63, 3.8) is 0 Å². The lowest BCUT2D eigenvalue weighted by Gasteiger charge is -2.15. The molecule has 0 saturated heterocycles. The molecule has 0 radical (unpaired) electrons. The summed E-state index contributed by atoms with van der Waals surface area (Å²) in [5.41, 5.74) is 2.91. The number of nitrogens with one attached hydrogen (secondary N) is 1. The maximum atomic E-state index is 4.37. The van der Waals surface area contributed by atoms with Gasteiger partial charge in [0.1, 0.15) is 0 Å². The molecule has 4 heteroatoms. The third-order valence-corrected chi connectivity index (χ3v) is 2.40. The van der Waals surface area contributed by atoms with E-state index < -0.39 is 0 Å². The highest BCUT2D eigenvalue weighted by Gasteiger charge is 2.13. The molecule has 2 aromatic heterocycles. The summed E-state index contributed by atoms with van der Waals surface area (Å²) in [4.78, 5) is 12.7. The van der Waals surface area contributed by atoms with Crippen LogP contribution in [0.15, 0.2) is 36.9 Å². The van der Waals surface area contributed by atoms with Gasteiger partial charge < -0.3 is 5.32 Å². The number of hydrogen-bond acceptors (Lipinski definition) is 4. The van der Waals surface area contributed by atoms with E-state index in [1.54, 1.807) is 18.6 Å². The SMILES string of the molecule is CNC(c1cccnc1)c1cnc(C)cn1. The van der Waals surface area contributed by atoms with Gasteiger partial charge in [-0.05, 0) is 25.6 Å². The second kappa shape index (κ2) is 4.81. The van der Waals surface area contributed by atoms with Crippen LogP contribution < -0.4 is 5.32 Å². The number of nitrogens with zero attached hydrogens (tertiary/aromatic N) is 3. The van der Waals surface area contributed by atoms with Gasteiger partial charge in [0.15, 0.2) is 0 Å². The first-order chi connectivity index (χ1) is 7.81. The number of hydrogen-bond donors (Lipinski definition) is 1. The van der Waals surface area contributed by atoms with Crippen LogP contribution in [0.3, 0.4) is 0 Å². The van der Waals surface area contributed by atoms with E-state index in [0.717, 1.165) is 17.0 Å². The second-order valence-electron chi connectivity index (χ2n) is 3.59. The number of pyridine rings is 1. The van der Waals surface area contributed by atoms with E-state index in [-0.39, 0.29) is 6.04 Å². The fourth-order valence-electron chi connectivity index (χ4n) is 1.58. The maximum absolute atomic E-state index is 4.37. The monoisotopic (exact) mass is 214 g/mol. The molecule has 2 rings (SSSR count). The average Bonchev–Trinajstić information content (AvgIpc) is 2.34. The van der Waals surface area contributed by atoms with Crippen LogP contribution in [0.4, 0.5) is 0 Å². The molecule has 1 N–H and O–H groups in total. The smallest absolute Gasteiger partial charge is 0.0802 e. The molecule has 16 heavy (non-hydrogen) atoms. The minimum atomic E-state index is 0.0433. The molecule has 4 nitrogen and oxygen atoms in total. The summed E-state index contributed by atoms with van der Waals surface area (Å²) >= 11 is 0. The molecule has 0 aromatic carbocycles. The minimum Gasteiger partial charge on any atom is -0.308 e. The van der Waals surface area contributed by atoms with Gasteiger partial charge in [0.05, 0.1) is 23.6 Å². The highest BCUT2D eigenvalue weighted by molar-refractivity contribution is 5.23. The molecule has 0 spiro atoms. The van der Waals surface area contributed by atoms with Gasteiger partial charge in [-0.25, -0.2) is 0 Å². The van der Waals surface area contributed by atoms with Gasteiger partial charge in [-0.15, -0.1) is 0 Å². The van der Waals surface area contributed by atoms with Crippen LogP contribution in [0, 0.1) is 6.92 Å². The van der Waals surface area contributed by atoms with Crippen molar-refractivity contribution in [2.45, 2.75) is 13.0 Å². The summed E-state index contributed by atoms with van der Waals surface area (Å²) in [7, 11) is 1.90.